The number of rotatable bonds is 5. The average molecular weight is 435 g/mol. The van der Waals surface area contributed by atoms with Crippen LogP contribution in [0.25, 0.3) is 0 Å². The Morgan fingerprint density at radius 1 is 1.24 bits per heavy atom. The van der Waals surface area contributed by atoms with Crippen LogP contribution in [0, 0.1) is 6.92 Å². The van der Waals surface area contributed by atoms with Crippen LogP contribution in [0.2, 0.25) is 5.02 Å². The van der Waals surface area contributed by atoms with Crippen molar-refractivity contribution in [3.05, 3.63) is 37.9 Å². The number of nitrogens with zero attached hydrogens (tertiary/aromatic N) is 2. The fourth-order valence-electron chi connectivity index (χ4n) is 1.65. The van der Waals surface area contributed by atoms with E-state index in [0.29, 0.717) is 16.8 Å². The first-order chi connectivity index (χ1) is 10.0. The number of hydrogen-bond donors (Lipinski definition) is 2. The predicted molar refractivity (Wildman–Crippen MR) is 95.7 cm³/mol. The normalized spacial score (nSPS) is 10.5. The molecule has 0 aliphatic carbocycles. The average Bonchev–Trinajstić information content (AvgIpc) is 2.45. The lowest BCUT2D eigenvalue weighted by atomic mass is 10.2. The Labute approximate surface area is 146 Å². The summed E-state index contributed by atoms with van der Waals surface area (Å²) in [5.74, 6) is 1.28. The Kier molecular flexibility index (Phi) is 5.84. The highest BCUT2D eigenvalue weighted by atomic mass is 79.9. The van der Waals surface area contributed by atoms with Gasteiger partial charge in [0.1, 0.15) is 5.82 Å². The standard InChI is InChI=1S/C14H15Br2ClN4/c1-3-4-18-14-19-7-10(16)13(21-14)20-12-6-11(17)8(2)5-9(12)15/h5-7H,3-4H2,1-2H3,(H2,18,19,20,21). The fourth-order valence-corrected chi connectivity index (χ4v) is 2.66. The first kappa shape index (κ1) is 16.5. The molecule has 0 unspecified atom stereocenters. The van der Waals surface area contributed by atoms with Crippen molar-refractivity contribution in [3.8, 4) is 0 Å². The van der Waals surface area contributed by atoms with Gasteiger partial charge in [0.2, 0.25) is 5.95 Å². The summed E-state index contributed by atoms with van der Waals surface area (Å²) in [5.41, 5.74) is 1.87. The van der Waals surface area contributed by atoms with Crippen LogP contribution in [0.1, 0.15) is 18.9 Å². The Morgan fingerprint density at radius 2 is 2.00 bits per heavy atom. The van der Waals surface area contributed by atoms with Crippen LogP contribution in [0.15, 0.2) is 27.3 Å². The lowest BCUT2D eigenvalue weighted by molar-refractivity contribution is 0.952. The largest absolute Gasteiger partial charge is 0.354 e. The highest BCUT2D eigenvalue weighted by molar-refractivity contribution is 9.11. The van der Waals surface area contributed by atoms with E-state index in [-0.39, 0.29) is 0 Å². The molecule has 0 fully saturated rings. The third kappa shape index (κ3) is 4.31. The maximum atomic E-state index is 6.17. The molecule has 112 valence electrons. The third-order valence-electron chi connectivity index (χ3n) is 2.78. The third-order valence-corrected chi connectivity index (χ3v) is 4.42. The van der Waals surface area contributed by atoms with E-state index in [1.807, 2.05) is 19.1 Å². The van der Waals surface area contributed by atoms with E-state index in [1.54, 1.807) is 6.20 Å². The molecule has 7 heteroatoms. The van der Waals surface area contributed by atoms with Crippen LogP contribution in [0.3, 0.4) is 0 Å². The van der Waals surface area contributed by atoms with E-state index in [4.69, 9.17) is 11.6 Å². The molecule has 1 aromatic heterocycles. The van der Waals surface area contributed by atoms with Crippen LogP contribution in [0.4, 0.5) is 17.5 Å². The molecular weight excluding hydrogens is 419 g/mol. The summed E-state index contributed by atoms with van der Waals surface area (Å²) in [6.45, 7) is 4.89. The van der Waals surface area contributed by atoms with Gasteiger partial charge in [-0.2, -0.15) is 4.98 Å². The Bertz CT molecular complexity index is 649. The van der Waals surface area contributed by atoms with Gasteiger partial charge in [-0.05, 0) is 62.9 Å². The summed E-state index contributed by atoms with van der Waals surface area (Å²) >= 11 is 13.2. The maximum Gasteiger partial charge on any atom is 0.224 e. The molecule has 0 saturated heterocycles. The molecule has 2 rings (SSSR count). The second kappa shape index (κ2) is 7.42. The summed E-state index contributed by atoms with van der Waals surface area (Å²) < 4.78 is 1.71. The van der Waals surface area contributed by atoms with Crippen molar-refractivity contribution in [3.63, 3.8) is 0 Å². The summed E-state index contributed by atoms with van der Waals surface area (Å²) in [4.78, 5) is 8.68. The molecule has 1 aromatic carbocycles. The molecule has 0 aliphatic heterocycles. The molecule has 0 saturated carbocycles. The van der Waals surface area contributed by atoms with Crippen LogP contribution in [-0.2, 0) is 0 Å². The van der Waals surface area contributed by atoms with Gasteiger partial charge in [-0.25, -0.2) is 4.98 Å². The minimum Gasteiger partial charge on any atom is -0.354 e. The molecule has 2 aromatic rings. The number of nitrogens with one attached hydrogen (secondary N) is 2. The van der Waals surface area contributed by atoms with Gasteiger partial charge in [0, 0.05) is 22.2 Å². The maximum absolute atomic E-state index is 6.17. The molecule has 0 amide bonds. The van der Waals surface area contributed by atoms with Gasteiger partial charge >= 0.3 is 0 Å². The van der Waals surface area contributed by atoms with Crippen LogP contribution < -0.4 is 10.6 Å². The molecule has 0 aliphatic rings. The van der Waals surface area contributed by atoms with Gasteiger partial charge in [0.15, 0.2) is 0 Å². The zero-order chi connectivity index (χ0) is 15.4. The molecule has 0 bridgehead atoms. The SMILES string of the molecule is CCCNc1ncc(Br)c(Nc2cc(Cl)c(C)cc2Br)n1. The van der Waals surface area contributed by atoms with Gasteiger partial charge in [0.25, 0.3) is 0 Å². The van der Waals surface area contributed by atoms with Gasteiger partial charge in [0.05, 0.1) is 10.2 Å². The first-order valence-electron chi connectivity index (χ1n) is 6.50. The van der Waals surface area contributed by atoms with Crippen LogP contribution >= 0.6 is 43.5 Å². The van der Waals surface area contributed by atoms with Gasteiger partial charge in [-0.3, -0.25) is 0 Å². The van der Waals surface area contributed by atoms with Crippen LogP contribution in [0.5, 0.6) is 0 Å². The summed E-state index contributed by atoms with van der Waals surface area (Å²) in [5, 5.41) is 7.12. The lowest BCUT2D eigenvalue weighted by Gasteiger charge is -2.12. The highest BCUT2D eigenvalue weighted by Gasteiger charge is 2.09. The Morgan fingerprint density at radius 3 is 2.71 bits per heavy atom. The van der Waals surface area contributed by atoms with Crippen molar-refractivity contribution in [2.45, 2.75) is 20.3 Å². The molecule has 0 radical (unpaired) electrons. The van der Waals surface area contributed by atoms with Crippen molar-refractivity contribution >= 4 is 60.9 Å². The fraction of sp³-hybridized carbons (Fsp3) is 0.286. The van der Waals surface area contributed by atoms with Crippen molar-refractivity contribution < 1.29 is 0 Å². The molecule has 2 N–H and O–H groups in total. The molecular formula is C14H15Br2ClN4. The quantitative estimate of drug-likeness (QED) is 0.650. The number of anilines is 3. The molecule has 4 nitrogen and oxygen atoms in total. The van der Waals surface area contributed by atoms with Crippen LogP contribution in [-0.4, -0.2) is 16.5 Å². The smallest absolute Gasteiger partial charge is 0.224 e. The van der Waals surface area contributed by atoms with E-state index < -0.39 is 0 Å². The molecule has 0 atom stereocenters. The topological polar surface area (TPSA) is 49.8 Å². The second-order valence-electron chi connectivity index (χ2n) is 4.52. The summed E-state index contributed by atoms with van der Waals surface area (Å²) in [6.07, 6.45) is 2.73. The van der Waals surface area contributed by atoms with E-state index >= 15 is 0 Å². The number of aryl methyl sites for hydroxylation is 1. The summed E-state index contributed by atoms with van der Waals surface area (Å²) in [6, 6.07) is 3.84. The van der Waals surface area contributed by atoms with E-state index in [9.17, 15) is 0 Å². The van der Waals surface area contributed by atoms with Gasteiger partial charge in [-0.1, -0.05) is 18.5 Å². The highest BCUT2D eigenvalue weighted by Crippen LogP contribution is 2.33. The number of halogens is 3. The second-order valence-corrected chi connectivity index (χ2v) is 6.64. The monoisotopic (exact) mass is 432 g/mol. The Hall–Kier alpha value is -0.850. The van der Waals surface area contributed by atoms with E-state index in [2.05, 4.69) is 59.4 Å². The zero-order valence-electron chi connectivity index (χ0n) is 11.7. The summed E-state index contributed by atoms with van der Waals surface area (Å²) in [7, 11) is 0. The van der Waals surface area contributed by atoms with Crippen molar-refractivity contribution in [2.24, 2.45) is 0 Å². The van der Waals surface area contributed by atoms with Gasteiger partial charge < -0.3 is 10.6 Å². The lowest BCUT2D eigenvalue weighted by Crippen LogP contribution is -2.06. The first-order valence-corrected chi connectivity index (χ1v) is 8.46. The number of benzene rings is 1. The Balaban J connectivity index is 2.28. The van der Waals surface area contributed by atoms with Crippen molar-refractivity contribution in [1.29, 1.82) is 0 Å². The molecule has 0 spiro atoms. The predicted octanol–water partition coefficient (Wildman–Crippen LogP) is 5.53. The molecule has 21 heavy (non-hydrogen) atoms. The number of hydrogen-bond acceptors (Lipinski definition) is 4. The van der Waals surface area contributed by atoms with Crippen molar-refractivity contribution in [2.75, 3.05) is 17.2 Å². The van der Waals surface area contributed by atoms with Gasteiger partial charge in [-0.15, -0.1) is 0 Å². The zero-order valence-corrected chi connectivity index (χ0v) is 15.6. The minimum absolute atomic E-state index is 0.594. The minimum atomic E-state index is 0.594. The van der Waals surface area contributed by atoms with E-state index in [1.165, 1.54) is 0 Å². The van der Waals surface area contributed by atoms with Crippen molar-refractivity contribution in [1.82, 2.24) is 9.97 Å². The molecule has 1 heterocycles. The number of aromatic nitrogens is 2. The van der Waals surface area contributed by atoms with E-state index in [0.717, 1.165) is 33.2 Å².